The molecule has 6 heteroatoms. The van der Waals surface area contributed by atoms with Crippen LogP contribution in [0.25, 0.3) is 0 Å². The van der Waals surface area contributed by atoms with Gasteiger partial charge in [-0.05, 0) is 17.7 Å². The van der Waals surface area contributed by atoms with Gasteiger partial charge in [0.1, 0.15) is 12.7 Å². The van der Waals surface area contributed by atoms with Crippen molar-refractivity contribution in [1.29, 1.82) is 0 Å². The molecule has 1 aromatic rings. The molecule has 0 aliphatic carbocycles. The molecule has 0 aliphatic rings. The van der Waals surface area contributed by atoms with Crippen LogP contribution >= 0.6 is 0 Å². The van der Waals surface area contributed by atoms with E-state index in [-0.39, 0.29) is 13.2 Å². The average molecular weight is 299 g/mol. The largest absolute Gasteiger partial charge is 0.493 e. The van der Waals surface area contributed by atoms with E-state index in [1.807, 2.05) is 18.2 Å². The van der Waals surface area contributed by atoms with Crippen molar-refractivity contribution in [2.24, 2.45) is 0 Å². The van der Waals surface area contributed by atoms with Gasteiger partial charge < -0.3 is 29.4 Å². The number of aliphatic hydroxyl groups excluding tert-OH is 1. The summed E-state index contributed by atoms with van der Waals surface area (Å²) in [6.45, 7) is 2.56. The fourth-order valence-corrected chi connectivity index (χ4v) is 1.78. The van der Waals surface area contributed by atoms with Gasteiger partial charge in [0.05, 0.1) is 20.3 Å². The molecule has 0 radical (unpaired) electrons. The van der Waals surface area contributed by atoms with Crippen LogP contribution in [0.4, 0.5) is 0 Å². The smallest absolute Gasteiger partial charge is 0.161 e. The summed E-state index contributed by atoms with van der Waals surface area (Å²) in [5.74, 6) is 1.25. The van der Waals surface area contributed by atoms with Gasteiger partial charge >= 0.3 is 0 Å². The van der Waals surface area contributed by atoms with Crippen LogP contribution in [0.15, 0.2) is 18.2 Å². The molecular weight excluding hydrogens is 274 g/mol. The van der Waals surface area contributed by atoms with Crippen LogP contribution in [0.1, 0.15) is 5.56 Å². The standard InChI is InChI=1S/C15H25NO5/c1-18-7-6-16-9-12-4-5-14(20-3)15(8-12)21-11-13(17)10-19-2/h4-5,8,13,16-17H,6-7,9-11H2,1-3H3. The van der Waals surface area contributed by atoms with Gasteiger partial charge in [-0.15, -0.1) is 0 Å². The van der Waals surface area contributed by atoms with E-state index >= 15 is 0 Å². The zero-order valence-electron chi connectivity index (χ0n) is 12.9. The fourth-order valence-electron chi connectivity index (χ4n) is 1.78. The van der Waals surface area contributed by atoms with E-state index in [1.165, 1.54) is 7.11 Å². The van der Waals surface area contributed by atoms with Crippen molar-refractivity contribution >= 4 is 0 Å². The zero-order valence-corrected chi connectivity index (χ0v) is 12.9. The highest BCUT2D eigenvalue weighted by atomic mass is 16.5. The lowest BCUT2D eigenvalue weighted by Crippen LogP contribution is -2.23. The first-order valence-electron chi connectivity index (χ1n) is 6.87. The number of ether oxygens (including phenoxy) is 4. The molecule has 1 aromatic carbocycles. The highest BCUT2D eigenvalue weighted by Crippen LogP contribution is 2.28. The first-order valence-corrected chi connectivity index (χ1v) is 6.87. The van der Waals surface area contributed by atoms with Crippen molar-refractivity contribution in [3.05, 3.63) is 23.8 Å². The van der Waals surface area contributed by atoms with Gasteiger partial charge in [-0.25, -0.2) is 0 Å². The van der Waals surface area contributed by atoms with Crippen molar-refractivity contribution in [3.8, 4) is 11.5 Å². The maximum Gasteiger partial charge on any atom is 0.161 e. The first kappa shape index (κ1) is 17.7. The molecule has 0 amide bonds. The normalized spacial score (nSPS) is 12.2. The molecular formula is C15H25NO5. The summed E-state index contributed by atoms with van der Waals surface area (Å²) in [4.78, 5) is 0. The Kier molecular flexibility index (Phi) is 8.77. The Morgan fingerprint density at radius 2 is 1.90 bits per heavy atom. The minimum absolute atomic E-state index is 0.157. The number of rotatable bonds is 11. The number of nitrogens with one attached hydrogen (secondary N) is 1. The lowest BCUT2D eigenvalue weighted by molar-refractivity contribution is 0.0319. The third-order valence-corrected chi connectivity index (χ3v) is 2.83. The number of benzene rings is 1. The van der Waals surface area contributed by atoms with Crippen molar-refractivity contribution in [2.75, 3.05) is 47.7 Å². The monoisotopic (exact) mass is 299 g/mol. The molecule has 120 valence electrons. The molecule has 1 atom stereocenters. The van der Waals surface area contributed by atoms with Crippen LogP contribution in [0.5, 0.6) is 11.5 Å². The summed E-state index contributed by atoms with van der Waals surface area (Å²) in [7, 11) is 4.80. The van der Waals surface area contributed by atoms with Crippen molar-refractivity contribution < 1.29 is 24.1 Å². The molecule has 0 saturated heterocycles. The summed E-state index contributed by atoms with van der Waals surface area (Å²) in [5.41, 5.74) is 1.07. The molecule has 21 heavy (non-hydrogen) atoms. The summed E-state index contributed by atoms with van der Waals surface area (Å²) >= 11 is 0. The summed E-state index contributed by atoms with van der Waals surface area (Å²) < 4.78 is 20.7. The number of hydrogen-bond acceptors (Lipinski definition) is 6. The highest BCUT2D eigenvalue weighted by molar-refractivity contribution is 5.43. The van der Waals surface area contributed by atoms with Crippen molar-refractivity contribution in [2.45, 2.75) is 12.6 Å². The van der Waals surface area contributed by atoms with Crippen molar-refractivity contribution in [3.63, 3.8) is 0 Å². The van der Waals surface area contributed by atoms with E-state index in [1.54, 1.807) is 14.2 Å². The molecule has 0 fully saturated rings. The van der Waals surface area contributed by atoms with Gasteiger partial charge in [0.2, 0.25) is 0 Å². The van der Waals surface area contributed by atoms with Crippen LogP contribution in [-0.2, 0) is 16.0 Å². The second kappa shape index (κ2) is 10.4. The van der Waals surface area contributed by atoms with Gasteiger partial charge in [-0.1, -0.05) is 6.07 Å². The number of methoxy groups -OCH3 is 3. The fraction of sp³-hybridized carbons (Fsp3) is 0.600. The minimum atomic E-state index is -0.664. The Morgan fingerprint density at radius 3 is 2.57 bits per heavy atom. The third-order valence-electron chi connectivity index (χ3n) is 2.83. The maximum absolute atomic E-state index is 9.63. The molecule has 0 aromatic heterocycles. The number of aliphatic hydroxyl groups is 1. The Balaban J connectivity index is 2.58. The van der Waals surface area contributed by atoms with E-state index in [2.05, 4.69) is 5.32 Å². The molecule has 2 N–H and O–H groups in total. The van der Waals surface area contributed by atoms with E-state index < -0.39 is 6.10 Å². The lowest BCUT2D eigenvalue weighted by Gasteiger charge is -2.15. The van der Waals surface area contributed by atoms with E-state index in [4.69, 9.17) is 18.9 Å². The average Bonchev–Trinajstić information content (AvgIpc) is 2.50. The molecule has 6 nitrogen and oxygen atoms in total. The maximum atomic E-state index is 9.63. The third kappa shape index (κ3) is 6.77. The van der Waals surface area contributed by atoms with E-state index in [9.17, 15) is 5.11 Å². The first-order chi connectivity index (χ1) is 10.2. The van der Waals surface area contributed by atoms with Gasteiger partial charge in [-0.3, -0.25) is 0 Å². The Bertz CT molecular complexity index is 400. The Labute approximate surface area is 126 Å². The van der Waals surface area contributed by atoms with Gasteiger partial charge in [0.15, 0.2) is 11.5 Å². The van der Waals surface area contributed by atoms with E-state index in [0.29, 0.717) is 24.7 Å². The summed E-state index contributed by atoms with van der Waals surface area (Å²) in [6, 6.07) is 5.72. The van der Waals surface area contributed by atoms with Crippen LogP contribution < -0.4 is 14.8 Å². The van der Waals surface area contributed by atoms with E-state index in [0.717, 1.165) is 12.1 Å². The topological polar surface area (TPSA) is 69.2 Å². The Hall–Kier alpha value is -1.34. The second-order valence-corrected chi connectivity index (χ2v) is 4.57. The molecule has 0 saturated carbocycles. The zero-order chi connectivity index (χ0) is 15.5. The molecule has 0 bridgehead atoms. The molecule has 0 spiro atoms. The quantitative estimate of drug-likeness (QED) is 0.590. The van der Waals surface area contributed by atoms with Crippen LogP contribution in [0, 0.1) is 0 Å². The van der Waals surface area contributed by atoms with Gasteiger partial charge in [0, 0.05) is 27.3 Å². The van der Waals surface area contributed by atoms with Crippen molar-refractivity contribution in [1.82, 2.24) is 5.32 Å². The van der Waals surface area contributed by atoms with Gasteiger partial charge in [0.25, 0.3) is 0 Å². The molecule has 1 unspecified atom stereocenters. The molecule has 1 rings (SSSR count). The Morgan fingerprint density at radius 1 is 1.10 bits per heavy atom. The molecule has 0 aliphatic heterocycles. The van der Waals surface area contributed by atoms with Crippen LogP contribution in [-0.4, -0.2) is 58.9 Å². The predicted molar refractivity (Wildman–Crippen MR) is 80.0 cm³/mol. The minimum Gasteiger partial charge on any atom is -0.493 e. The molecule has 0 heterocycles. The second-order valence-electron chi connectivity index (χ2n) is 4.57. The summed E-state index contributed by atoms with van der Waals surface area (Å²) in [5, 5.41) is 12.9. The van der Waals surface area contributed by atoms with Gasteiger partial charge in [-0.2, -0.15) is 0 Å². The van der Waals surface area contributed by atoms with Crippen LogP contribution in [0.3, 0.4) is 0 Å². The lowest BCUT2D eigenvalue weighted by atomic mass is 10.2. The number of hydrogen-bond donors (Lipinski definition) is 2. The summed E-state index contributed by atoms with van der Waals surface area (Å²) in [6.07, 6.45) is -0.664. The highest BCUT2D eigenvalue weighted by Gasteiger charge is 2.09. The predicted octanol–water partition coefficient (Wildman–Crippen LogP) is 0.817. The SMILES string of the molecule is COCCNCc1ccc(OC)c(OCC(O)COC)c1. The van der Waals surface area contributed by atoms with Crippen LogP contribution in [0.2, 0.25) is 0 Å².